The number of hydrogen-bond acceptors (Lipinski definition) is 3. The first-order valence-electron chi connectivity index (χ1n) is 6.40. The van der Waals surface area contributed by atoms with Gasteiger partial charge >= 0.3 is 0 Å². The van der Waals surface area contributed by atoms with Crippen LogP contribution in [0.25, 0.3) is 0 Å². The molecule has 4 nitrogen and oxygen atoms in total. The second kappa shape index (κ2) is 5.87. The zero-order valence-corrected chi connectivity index (χ0v) is 10.9. The fraction of sp³-hybridized carbons (Fsp3) is 0.500. The van der Waals surface area contributed by atoms with E-state index in [0.717, 1.165) is 31.0 Å². The third-order valence-electron chi connectivity index (χ3n) is 2.98. The van der Waals surface area contributed by atoms with Gasteiger partial charge in [-0.05, 0) is 30.7 Å². The van der Waals surface area contributed by atoms with Crippen LogP contribution >= 0.6 is 0 Å². The molecule has 0 radical (unpaired) electrons. The van der Waals surface area contributed by atoms with Gasteiger partial charge < -0.3 is 15.4 Å². The molecule has 1 fully saturated rings. The molecule has 1 aromatic carbocycles. The summed E-state index contributed by atoms with van der Waals surface area (Å²) in [5.41, 5.74) is 1.90. The van der Waals surface area contributed by atoms with Crippen molar-refractivity contribution in [1.29, 1.82) is 0 Å². The monoisotopic (exact) mass is 248 g/mol. The Labute approximate surface area is 108 Å². The van der Waals surface area contributed by atoms with Gasteiger partial charge in [0.25, 0.3) is 0 Å². The van der Waals surface area contributed by atoms with E-state index in [9.17, 15) is 4.79 Å². The minimum Gasteiger partial charge on any atom is -0.380 e. The average Bonchev–Trinajstić information content (AvgIpc) is 2.84. The van der Waals surface area contributed by atoms with Crippen molar-refractivity contribution < 1.29 is 9.53 Å². The van der Waals surface area contributed by atoms with Crippen LogP contribution in [0.4, 0.5) is 11.4 Å². The zero-order chi connectivity index (χ0) is 13.0. The van der Waals surface area contributed by atoms with E-state index in [1.54, 1.807) is 0 Å². The van der Waals surface area contributed by atoms with Crippen LogP contribution in [0.3, 0.4) is 0 Å². The molecule has 1 heterocycles. The summed E-state index contributed by atoms with van der Waals surface area (Å²) in [7, 11) is 0. The minimum atomic E-state index is -0.00145. The molecule has 1 aliphatic rings. The normalized spacial score (nSPS) is 18.9. The Kier molecular flexibility index (Phi) is 4.20. The molecule has 1 saturated heterocycles. The lowest BCUT2D eigenvalue weighted by Crippen LogP contribution is -2.19. The molecule has 18 heavy (non-hydrogen) atoms. The van der Waals surface area contributed by atoms with E-state index in [4.69, 9.17) is 4.74 Å². The Hall–Kier alpha value is -1.55. The van der Waals surface area contributed by atoms with Crippen molar-refractivity contribution in [1.82, 2.24) is 0 Å². The van der Waals surface area contributed by atoms with Gasteiger partial charge in [-0.2, -0.15) is 0 Å². The molecule has 0 bridgehead atoms. The van der Waals surface area contributed by atoms with E-state index in [-0.39, 0.29) is 11.8 Å². The molecule has 1 aliphatic heterocycles. The van der Waals surface area contributed by atoms with Gasteiger partial charge in [0.05, 0.1) is 12.6 Å². The second-order valence-electron chi connectivity index (χ2n) is 4.93. The topological polar surface area (TPSA) is 50.4 Å². The number of benzene rings is 1. The Balaban J connectivity index is 1.90. The molecule has 0 saturated carbocycles. The number of nitrogens with one attached hydrogen (secondary N) is 2. The molecule has 4 heteroatoms. The first-order chi connectivity index (χ1) is 8.65. The molecular formula is C14H20N2O2. The van der Waals surface area contributed by atoms with Crippen molar-refractivity contribution in [2.24, 2.45) is 5.92 Å². The summed E-state index contributed by atoms with van der Waals surface area (Å²) in [6.45, 7) is 5.36. The quantitative estimate of drug-likeness (QED) is 0.860. The van der Waals surface area contributed by atoms with Gasteiger partial charge in [-0.25, -0.2) is 0 Å². The maximum atomic E-state index is 11.5. The number of rotatable bonds is 4. The lowest BCUT2D eigenvalue weighted by Gasteiger charge is -2.13. The smallest absolute Gasteiger partial charge is 0.226 e. The number of amides is 1. The summed E-state index contributed by atoms with van der Waals surface area (Å²) in [6.07, 6.45) is 1.05. The molecule has 98 valence electrons. The molecule has 0 aliphatic carbocycles. The largest absolute Gasteiger partial charge is 0.380 e. The fourth-order valence-electron chi connectivity index (χ4n) is 1.82. The van der Waals surface area contributed by atoms with Crippen LogP contribution in [-0.2, 0) is 9.53 Å². The summed E-state index contributed by atoms with van der Waals surface area (Å²) >= 11 is 0. The Morgan fingerprint density at radius 3 is 2.50 bits per heavy atom. The van der Waals surface area contributed by atoms with Crippen molar-refractivity contribution >= 4 is 17.3 Å². The van der Waals surface area contributed by atoms with Gasteiger partial charge in [0.15, 0.2) is 0 Å². The summed E-state index contributed by atoms with van der Waals surface area (Å²) in [4.78, 5) is 11.5. The van der Waals surface area contributed by atoms with Crippen molar-refractivity contribution in [3.8, 4) is 0 Å². The molecule has 1 unspecified atom stereocenters. The highest BCUT2D eigenvalue weighted by atomic mass is 16.5. The summed E-state index contributed by atoms with van der Waals surface area (Å²) in [6, 6.07) is 8.19. The molecule has 1 amide bonds. The number of ether oxygens (including phenoxy) is 1. The Morgan fingerprint density at radius 1 is 1.28 bits per heavy atom. The molecule has 1 atom stereocenters. The molecule has 2 rings (SSSR count). The van der Waals surface area contributed by atoms with Crippen molar-refractivity contribution in [2.75, 3.05) is 23.8 Å². The highest BCUT2D eigenvalue weighted by Crippen LogP contribution is 2.17. The number of anilines is 2. The number of carbonyl (C=O) groups excluding carboxylic acids is 1. The third-order valence-corrected chi connectivity index (χ3v) is 2.98. The van der Waals surface area contributed by atoms with E-state index in [2.05, 4.69) is 10.6 Å². The average molecular weight is 248 g/mol. The van der Waals surface area contributed by atoms with Crippen LogP contribution in [0.5, 0.6) is 0 Å². The van der Waals surface area contributed by atoms with Gasteiger partial charge in [0.1, 0.15) is 0 Å². The highest BCUT2D eigenvalue weighted by Gasteiger charge is 2.14. The first-order valence-corrected chi connectivity index (χ1v) is 6.40. The summed E-state index contributed by atoms with van der Waals surface area (Å²) < 4.78 is 5.31. The third kappa shape index (κ3) is 3.47. The van der Waals surface area contributed by atoms with E-state index in [1.807, 2.05) is 38.1 Å². The van der Waals surface area contributed by atoms with Crippen LogP contribution in [0.15, 0.2) is 24.3 Å². The van der Waals surface area contributed by atoms with E-state index >= 15 is 0 Å². The number of carbonyl (C=O) groups is 1. The first kappa shape index (κ1) is 12.9. The lowest BCUT2D eigenvalue weighted by atomic mass is 10.2. The molecule has 0 aromatic heterocycles. The van der Waals surface area contributed by atoms with Crippen LogP contribution in [0.1, 0.15) is 20.3 Å². The standard InChI is InChI=1S/C14H20N2O2/c1-10(2)14(17)16-12-5-3-11(4-6-12)15-13-7-8-18-9-13/h3-6,10,13,15H,7-9H2,1-2H3,(H,16,17). The number of hydrogen-bond donors (Lipinski definition) is 2. The van der Waals surface area contributed by atoms with E-state index < -0.39 is 0 Å². The van der Waals surface area contributed by atoms with Crippen LogP contribution in [0.2, 0.25) is 0 Å². The van der Waals surface area contributed by atoms with Crippen LogP contribution in [-0.4, -0.2) is 25.2 Å². The van der Waals surface area contributed by atoms with Gasteiger partial charge in [0, 0.05) is 23.9 Å². The predicted octanol–water partition coefficient (Wildman–Crippen LogP) is 2.48. The molecular weight excluding hydrogens is 228 g/mol. The molecule has 0 spiro atoms. The maximum Gasteiger partial charge on any atom is 0.226 e. The van der Waals surface area contributed by atoms with E-state index in [1.165, 1.54) is 0 Å². The van der Waals surface area contributed by atoms with Crippen molar-refractivity contribution in [2.45, 2.75) is 26.3 Å². The Morgan fingerprint density at radius 2 is 1.94 bits per heavy atom. The highest BCUT2D eigenvalue weighted by molar-refractivity contribution is 5.92. The second-order valence-corrected chi connectivity index (χ2v) is 4.93. The van der Waals surface area contributed by atoms with Gasteiger partial charge in [-0.3, -0.25) is 4.79 Å². The van der Waals surface area contributed by atoms with Gasteiger partial charge in [-0.15, -0.1) is 0 Å². The Bertz CT molecular complexity index is 395. The van der Waals surface area contributed by atoms with Crippen LogP contribution < -0.4 is 10.6 Å². The van der Waals surface area contributed by atoms with Crippen molar-refractivity contribution in [3.63, 3.8) is 0 Å². The minimum absolute atomic E-state index is 0.00145. The zero-order valence-electron chi connectivity index (χ0n) is 10.9. The van der Waals surface area contributed by atoms with E-state index in [0.29, 0.717) is 6.04 Å². The predicted molar refractivity (Wildman–Crippen MR) is 72.8 cm³/mol. The summed E-state index contributed by atoms with van der Waals surface area (Å²) in [5.74, 6) is 0.0401. The van der Waals surface area contributed by atoms with Gasteiger partial charge in [-0.1, -0.05) is 13.8 Å². The van der Waals surface area contributed by atoms with Gasteiger partial charge in [0.2, 0.25) is 5.91 Å². The van der Waals surface area contributed by atoms with Crippen LogP contribution in [0, 0.1) is 5.92 Å². The lowest BCUT2D eigenvalue weighted by molar-refractivity contribution is -0.118. The molecule has 2 N–H and O–H groups in total. The summed E-state index contributed by atoms with van der Waals surface area (Å²) in [5, 5.41) is 6.28. The van der Waals surface area contributed by atoms with Crippen molar-refractivity contribution in [3.05, 3.63) is 24.3 Å². The SMILES string of the molecule is CC(C)C(=O)Nc1ccc(NC2CCOC2)cc1. The fourth-order valence-corrected chi connectivity index (χ4v) is 1.82. The maximum absolute atomic E-state index is 11.5. The molecule has 1 aromatic rings.